The first-order chi connectivity index (χ1) is 8.13. The molecule has 0 unspecified atom stereocenters. The Morgan fingerprint density at radius 3 is 2.76 bits per heavy atom. The van der Waals surface area contributed by atoms with Crippen LogP contribution in [0.3, 0.4) is 0 Å². The number of carbonyl (C=O) groups excluding carboxylic acids is 1. The molecule has 17 heavy (non-hydrogen) atoms. The first kappa shape index (κ1) is 13.5. The quantitative estimate of drug-likeness (QED) is 0.785. The molecular formula is C13H20N2O2. The summed E-state index contributed by atoms with van der Waals surface area (Å²) < 4.78 is 5.54. The molecule has 4 heteroatoms. The van der Waals surface area contributed by atoms with Crippen LogP contribution in [0.4, 0.5) is 0 Å². The minimum Gasteiger partial charge on any atom is -0.493 e. The highest BCUT2D eigenvalue weighted by Gasteiger charge is 2.05. The summed E-state index contributed by atoms with van der Waals surface area (Å²) in [5.41, 5.74) is 6.54. The van der Waals surface area contributed by atoms with E-state index in [1.54, 1.807) is 0 Å². The molecule has 4 nitrogen and oxygen atoms in total. The zero-order valence-electron chi connectivity index (χ0n) is 10.4. The monoisotopic (exact) mass is 236 g/mol. The molecule has 1 amide bonds. The fourth-order valence-electron chi connectivity index (χ4n) is 1.46. The second-order valence-electron chi connectivity index (χ2n) is 4.13. The molecule has 94 valence electrons. The van der Waals surface area contributed by atoms with Gasteiger partial charge < -0.3 is 15.8 Å². The van der Waals surface area contributed by atoms with E-state index in [2.05, 4.69) is 5.32 Å². The largest absolute Gasteiger partial charge is 0.493 e. The third-order valence-corrected chi connectivity index (χ3v) is 2.23. The van der Waals surface area contributed by atoms with Gasteiger partial charge in [-0.05, 0) is 19.9 Å². The summed E-state index contributed by atoms with van der Waals surface area (Å²) in [6, 6.07) is 7.76. The smallest absolute Gasteiger partial charge is 0.223 e. The second kappa shape index (κ2) is 6.91. The lowest BCUT2D eigenvalue weighted by atomic mass is 10.2. The van der Waals surface area contributed by atoms with Gasteiger partial charge in [-0.3, -0.25) is 4.79 Å². The highest BCUT2D eigenvalue weighted by Crippen LogP contribution is 2.16. The predicted octanol–water partition coefficient (Wildman–Crippen LogP) is 1.44. The first-order valence-corrected chi connectivity index (χ1v) is 5.83. The SMILES string of the molecule is CC(C)NC(=O)CCOc1ccccc1CN. The molecule has 1 aromatic rings. The minimum atomic E-state index is 0.00484. The molecule has 0 fully saturated rings. The lowest BCUT2D eigenvalue weighted by Gasteiger charge is -2.11. The van der Waals surface area contributed by atoms with Crippen LogP contribution in [0.1, 0.15) is 25.8 Å². The summed E-state index contributed by atoms with van der Waals surface area (Å²) >= 11 is 0. The van der Waals surface area contributed by atoms with Gasteiger partial charge in [0.15, 0.2) is 0 Å². The van der Waals surface area contributed by atoms with Gasteiger partial charge in [-0.25, -0.2) is 0 Å². The van der Waals surface area contributed by atoms with Crippen molar-refractivity contribution < 1.29 is 9.53 Å². The van der Waals surface area contributed by atoms with Gasteiger partial charge in [-0.15, -0.1) is 0 Å². The van der Waals surface area contributed by atoms with Gasteiger partial charge in [0.2, 0.25) is 5.91 Å². The maximum atomic E-state index is 11.4. The molecule has 0 aliphatic heterocycles. The van der Waals surface area contributed by atoms with Crippen molar-refractivity contribution in [2.24, 2.45) is 5.73 Å². The van der Waals surface area contributed by atoms with Crippen LogP contribution >= 0.6 is 0 Å². The summed E-state index contributed by atoms with van der Waals surface area (Å²) in [6.07, 6.45) is 0.358. The van der Waals surface area contributed by atoms with E-state index in [-0.39, 0.29) is 11.9 Å². The molecular weight excluding hydrogens is 216 g/mol. The van der Waals surface area contributed by atoms with Gasteiger partial charge >= 0.3 is 0 Å². The number of carbonyl (C=O) groups is 1. The van der Waals surface area contributed by atoms with Crippen LogP contribution in [0.15, 0.2) is 24.3 Å². The molecule has 0 saturated carbocycles. The Hall–Kier alpha value is -1.55. The van der Waals surface area contributed by atoms with Crippen molar-refractivity contribution in [1.29, 1.82) is 0 Å². The van der Waals surface area contributed by atoms with Crippen LogP contribution in [0.25, 0.3) is 0 Å². The van der Waals surface area contributed by atoms with E-state index in [9.17, 15) is 4.79 Å². The second-order valence-corrected chi connectivity index (χ2v) is 4.13. The number of nitrogens with two attached hydrogens (primary N) is 1. The number of benzene rings is 1. The summed E-state index contributed by atoms with van der Waals surface area (Å²) in [6.45, 7) is 4.68. The van der Waals surface area contributed by atoms with E-state index in [0.29, 0.717) is 19.6 Å². The zero-order valence-corrected chi connectivity index (χ0v) is 10.4. The van der Waals surface area contributed by atoms with Crippen LogP contribution in [-0.4, -0.2) is 18.6 Å². The van der Waals surface area contributed by atoms with Crippen molar-refractivity contribution in [3.63, 3.8) is 0 Å². The number of hydrogen-bond acceptors (Lipinski definition) is 3. The van der Waals surface area contributed by atoms with Crippen LogP contribution in [0, 0.1) is 0 Å². The summed E-state index contributed by atoms with van der Waals surface area (Å²) in [4.78, 5) is 11.4. The maximum absolute atomic E-state index is 11.4. The first-order valence-electron chi connectivity index (χ1n) is 5.83. The van der Waals surface area contributed by atoms with Gasteiger partial charge in [0.05, 0.1) is 13.0 Å². The van der Waals surface area contributed by atoms with Crippen LogP contribution in [0.5, 0.6) is 5.75 Å². The third kappa shape index (κ3) is 4.87. The Morgan fingerprint density at radius 1 is 1.41 bits per heavy atom. The van der Waals surface area contributed by atoms with E-state index >= 15 is 0 Å². The van der Waals surface area contributed by atoms with E-state index in [4.69, 9.17) is 10.5 Å². The van der Waals surface area contributed by atoms with E-state index in [1.807, 2.05) is 38.1 Å². The molecule has 0 heterocycles. The van der Waals surface area contributed by atoms with Crippen molar-refractivity contribution in [2.75, 3.05) is 6.61 Å². The number of rotatable bonds is 6. The summed E-state index contributed by atoms with van der Waals surface area (Å²) in [5, 5.41) is 2.81. The van der Waals surface area contributed by atoms with Crippen molar-refractivity contribution in [2.45, 2.75) is 32.9 Å². The number of ether oxygens (including phenoxy) is 1. The molecule has 0 atom stereocenters. The number of hydrogen-bond donors (Lipinski definition) is 2. The molecule has 1 aromatic carbocycles. The summed E-state index contributed by atoms with van der Waals surface area (Å²) in [5.74, 6) is 0.762. The minimum absolute atomic E-state index is 0.00484. The fraction of sp³-hybridized carbons (Fsp3) is 0.462. The topological polar surface area (TPSA) is 64.3 Å². The van der Waals surface area contributed by atoms with Gasteiger partial charge in [-0.1, -0.05) is 18.2 Å². The van der Waals surface area contributed by atoms with Crippen LogP contribution in [0.2, 0.25) is 0 Å². The summed E-state index contributed by atoms with van der Waals surface area (Å²) in [7, 11) is 0. The number of amides is 1. The lowest BCUT2D eigenvalue weighted by molar-refractivity contribution is -0.122. The highest BCUT2D eigenvalue weighted by atomic mass is 16.5. The Bertz CT molecular complexity index is 364. The number of nitrogens with one attached hydrogen (secondary N) is 1. The van der Waals surface area contributed by atoms with E-state index in [1.165, 1.54) is 0 Å². The van der Waals surface area contributed by atoms with Gasteiger partial charge in [-0.2, -0.15) is 0 Å². The standard InChI is InChI=1S/C13H20N2O2/c1-10(2)15-13(16)7-8-17-12-6-4-3-5-11(12)9-14/h3-6,10H,7-9,14H2,1-2H3,(H,15,16). The molecule has 0 saturated heterocycles. The molecule has 0 spiro atoms. The van der Waals surface area contributed by atoms with Crippen molar-refractivity contribution in [3.05, 3.63) is 29.8 Å². The normalized spacial score (nSPS) is 10.4. The van der Waals surface area contributed by atoms with Crippen molar-refractivity contribution >= 4 is 5.91 Å². The average Bonchev–Trinajstić information content (AvgIpc) is 2.28. The Kier molecular flexibility index (Phi) is 5.49. The van der Waals surface area contributed by atoms with E-state index < -0.39 is 0 Å². The molecule has 1 rings (SSSR count). The number of para-hydroxylation sites is 1. The van der Waals surface area contributed by atoms with Gasteiger partial charge in [0.25, 0.3) is 0 Å². The molecule has 0 aliphatic carbocycles. The van der Waals surface area contributed by atoms with Gasteiger partial charge in [0, 0.05) is 18.2 Å². The third-order valence-electron chi connectivity index (χ3n) is 2.23. The van der Waals surface area contributed by atoms with E-state index in [0.717, 1.165) is 11.3 Å². The fourth-order valence-corrected chi connectivity index (χ4v) is 1.46. The molecule has 0 aliphatic rings. The van der Waals surface area contributed by atoms with Gasteiger partial charge in [0.1, 0.15) is 5.75 Å². The van der Waals surface area contributed by atoms with Crippen LogP contribution in [-0.2, 0) is 11.3 Å². The predicted molar refractivity (Wildman–Crippen MR) is 67.7 cm³/mol. The molecule has 0 radical (unpaired) electrons. The van der Waals surface area contributed by atoms with Crippen molar-refractivity contribution in [3.8, 4) is 5.75 Å². The average molecular weight is 236 g/mol. The maximum Gasteiger partial charge on any atom is 0.223 e. The Morgan fingerprint density at radius 2 is 2.12 bits per heavy atom. The Labute approximate surface area is 102 Å². The molecule has 0 bridgehead atoms. The Balaban J connectivity index is 2.38. The lowest BCUT2D eigenvalue weighted by Crippen LogP contribution is -2.31. The molecule has 0 aromatic heterocycles. The highest BCUT2D eigenvalue weighted by molar-refractivity contribution is 5.76. The molecule has 3 N–H and O–H groups in total. The zero-order chi connectivity index (χ0) is 12.7. The van der Waals surface area contributed by atoms with Crippen molar-refractivity contribution in [1.82, 2.24) is 5.32 Å². The van der Waals surface area contributed by atoms with Crippen LogP contribution < -0.4 is 15.8 Å².